The van der Waals surface area contributed by atoms with Gasteiger partial charge in [0.25, 0.3) is 5.82 Å². The van der Waals surface area contributed by atoms with E-state index in [0.29, 0.717) is 31.3 Å². The minimum absolute atomic E-state index is 0.0694. The van der Waals surface area contributed by atoms with Gasteiger partial charge in [0.05, 0.1) is 6.61 Å². The Hall–Kier alpha value is -2.54. The summed E-state index contributed by atoms with van der Waals surface area (Å²) in [5.41, 5.74) is 2.81. The standard InChI is InChI=1S/C20H22N3O3/c1-13-5-3-4-6-15(13)17-11-19(24)26-20-16(17)7-8-18(22-20)23(21)9-10-25-12-14(23)2/h3-8,11,14H,9-10,12,21H2,1-2H3/q+1. The van der Waals surface area contributed by atoms with Gasteiger partial charge in [-0.05, 0) is 31.0 Å². The Morgan fingerprint density at radius 2 is 2.00 bits per heavy atom. The van der Waals surface area contributed by atoms with Crippen LogP contribution in [0, 0.1) is 6.92 Å². The predicted molar refractivity (Wildman–Crippen MR) is 102 cm³/mol. The van der Waals surface area contributed by atoms with Crippen LogP contribution in [0.5, 0.6) is 0 Å². The summed E-state index contributed by atoms with van der Waals surface area (Å²) in [5, 5.41) is 0.801. The van der Waals surface area contributed by atoms with Crippen molar-refractivity contribution in [3.63, 3.8) is 0 Å². The molecule has 26 heavy (non-hydrogen) atoms. The number of quaternary nitrogens is 1. The number of pyridine rings is 1. The summed E-state index contributed by atoms with van der Waals surface area (Å²) in [6.07, 6.45) is 0. The van der Waals surface area contributed by atoms with Gasteiger partial charge in [0.15, 0.2) is 0 Å². The molecule has 0 spiro atoms. The number of fused-ring (bicyclic) bond motifs is 1. The highest BCUT2D eigenvalue weighted by molar-refractivity contribution is 5.92. The molecule has 4 rings (SSSR count). The molecule has 0 bridgehead atoms. The van der Waals surface area contributed by atoms with Crippen LogP contribution < -0.4 is 16.1 Å². The minimum atomic E-state index is -0.418. The monoisotopic (exact) mass is 352 g/mol. The second-order valence-electron chi connectivity index (χ2n) is 6.89. The first kappa shape index (κ1) is 16.9. The normalized spacial score (nSPS) is 23.3. The Morgan fingerprint density at radius 1 is 1.19 bits per heavy atom. The summed E-state index contributed by atoms with van der Waals surface area (Å²) in [5.74, 6) is 7.28. The molecule has 1 fully saturated rings. The molecule has 1 aliphatic rings. The summed E-state index contributed by atoms with van der Waals surface area (Å²) in [6, 6.07) is 13.4. The van der Waals surface area contributed by atoms with E-state index in [0.717, 1.165) is 22.1 Å². The lowest BCUT2D eigenvalue weighted by Crippen LogP contribution is -2.67. The van der Waals surface area contributed by atoms with Crippen LogP contribution in [0.25, 0.3) is 22.2 Å². The van der Waals surface area contributed by atoms with Crippen molar-refractivity contribution >= 4 is 16.9 Å². The number of ether oxygens (including phenoxy) is 1. The first-order valence-electron chi connectivity index (χ1n) is 8.74. The van der Waals surface area contributed by atoms with Crippen molar-refractivity contribution in [1.82, 2.24) is 9.58 Å². The van der Waals surface area contributed by atoms with E-state index in [9.17, 15) is 4.79 Å². The van der Waals surface area contributed by atoms with Gasteiger partial charge in [0.2, 0.25) is 5.71 Å². The van der Waals surface area contributed by atoms with Gasteiger partial charge < -0.3 is 9.15 Å². The average molecular weight is 352 g/mol. The molecule has 134 valence electrons. The fourth-order valence-corrected chi connectivity index (χ4v) is 3.53. The maximum absolute atomic E-state index is 12.2. The van der Waals surface area contributed by atoms with Crippen LogP contribution >= 0.6 is 0 Å². The number of nitrogens with two attached hydrogens (primary N) is 1. The Morgan fingerprint density at radius 3 is 2.77 bits per heavy atom. The second kappa shape index (κ2) is 6.32. The molecule has 2 aromatic heterocycles. The van der Waals surface area contributed by atoms with E-state index in [-0.39, 0.29) is 10.6 Å². The van der Waals surface area contributed by atoms with Gasteiger partial charge in [-0.3, -0.25) is 0 Å². The molecule has 2 N–H and O–H groups in total. The SMILES string of the molecule is Cc1ccccc1-c1cc(=O)oc2nc([N+]3(N)CCOCC3C)ccc12. The van der Waals surface area contributed by atoms with Crippen molar-refractivity contribution in [2.75, 3.05) is 19.8 Å². The van der Waals surface area contributed by atoms with E-state index in [1.165, 1.54) is 6.07 Å². The number of nitrogens with zero attached hydrogens (tertiary/aromatic N) is 2. The van der Waals surface area contributed by atoms with Gasteiger partial charge in [-0.15, -0.1) is 0 Å². The van der Waals surface area contributed by atoms with Crippen LogP contribution in [0.2, 0.25) is 0 Å². The number of hydrogen-bond acceptors (Lipinski definition) is 5. The van der Waals surface area contributed by atoms with Crippen LogP contribution in [0.3, 0.4) is 0 Å². The number of aryl methyl sites for hydroxylation is 1. The van der Waals surface area contributed by atoms with Crippen LogP contribution in [-0.2, 0) is 4.74 Å². The molecular formula is C20H22N3O3+. The topological polar surface area (TPSA) is 78.4 Å². The highest BCUT2D eigenvalue weighted by atomic mass is 16.5. The first-order chi connectivity index (χ1) is 12.5. The van der Waals surface area contributed by atoms with Crippen molar-refractivity contribution in [2.24, 2.45) is 5.84 Å². The molecule has 3 heterocycles. The Bertz CT molecular complexity index is 1030. The van der Waals surface area contributed by atoms with Crippen molar-refractivity contribution in [1.29, 1.82) is 0 Å². The number of hydrogen-bond donors (Lipinski definition) is 1. The molecule has 0 saturated carbocycles. The van der Waals surface area contributed by atoms with Crippen LogP contribution in [0.15, 0.2) is 51.7 Å². The van der Waals surface area contributed by atoms with Crippen LogP contribution in [0.1, 0.15) is 12.5 Å². The van der Waals surface area contributed by atoms with Crippen LogP contribution in [0.4, 0.5) is 5.82 Å². The summed E-state index contributed by atoms with van der Waals surface area (Å²) < 4.78 is 11.1. The number of benzene rings is 1. The van der Waals surface area contributed by atoms with Crippen molar-refractivity contribution < 1.29 is 9.15 Å². The Kier molecular flexibility index (Phi) is 4.11. The third-order valence-electron chi connectivity index (χ3n) is 5.21. The van der Waals surface area contributed by atoms with E-state index in [1.807, 2.05) is 50.2 Å². The Balaban J connectivity index is 1.91. The summed E-state index contributed by atoms with van der Waals surface area (Å²) in [7, 11) is 0. The van der Waals surface area contributed by atoms with E-state index < -0.39 is 5.63 Å². The van der Waals surface area contributed by atoms with E-state index >= 15 is 0 Å². The maximum Gasteiger partial charge on any atom is 0.338 e. The van der Waals surface area contributed by atoms with E-state index in [2.05, 4.69) is 4.98 Å². The molecule has 1 saturated heterocycles. The summed E-state index contributed by atoms with van der Waals surface area (Å²) in [4.78, 5) is 16.8. The lowest BCUT2D eigenvalue weighted by Gasteiger charge is -2.39. The summed E-state index contributed by atoms with van der Waals surface area (Å²) >= 11 is 0. The van der Waals surface area contributed by atoms with Crippen LogP contribution in [-0.4, -0.2) is 30.8 Å². The fraction of sp³-hybridized carbons (Fsp3) is 0.300. The third kappa shape index (κ3) is 2.72. The minimum Gasteiger partial charge on any atom is -0.403 e. The lowest BCUT2D eigenvalue weighted by atomic mass is 9.99. The van der Waals surface area contributed by atoms with Crippen molar-refractivity contribution in [3.05, 3.63) is 58.4 Å². The number of morpholine rings is 1. The molecule has 0 aliphatic carbocycles. The van der Waals surface area contributed by atoms with Crippen molar-refractivity contribution in [2.45, 2.75) is 19.9 Å². The van der Waals surface area contributed by atoms with E-state index in [4.69, 9.17) is 15.0 Å². The molecule has 0 radical (unpaired) electrons. The van der Waals surface area contributed by atoms with E-state index in [1.54, 1.807) is 0 Å². The smallest absolute Gasteiger partial charge is 0.338 e. The van der Waals surface area contributed by atoms with Gasteiger partial charge in [0.1, 0.15) is 19.2 Å². The quantitative estimate of drug-likeness (QED) is 0.567. The highest BCUT2D eigenvalue weighted by Crippen LogP contribution is 2.31. The average Bonchev–Trinajstić information content (AvgIpc) is 2.63. The molecule has 2 atom stereocenters. The molecule has 0 amide bonds. The first-order valence-corrected chi connectivity index (χ1v) is 8.74. The maximum atomic E-state index is 12.2. The predicted octanol–water partition coefficient (Wildman–Crippen LogP) is 2.76. The lowest BCUT2D eigenvalue weighted by molar-refractivity contribution is 0.00143. The fourth-order valence-electron chi connectivity index (χ4n) is 3.53. The molecule has 1 aromatic carbocycles. The van der Waals surface area contributed by atoms with Gasteiger partial charge in [0, 0.05) is 23.1 Å². The number of aromatic nitrogens is 1. The summed E-state index contributed by atoms with van der Waals surface area (Å²) in [6.45, 7) is 5.83. The molecule has 3 aromatic rings. The zero-order valence-corrected chi connectivity index (χ0v) is 14.9. The zero-order chi connectivity index (χ0) is 18.3. The Labute approximate surface area is 151 Å². The zero-order valence-electron chi connectivity index (χ0n) is 14.9. The third-order valence-corrected chi connectivity index (χ3v) is 5.21. The largest absolute Gasteiger partial charge is 0.403 e. The molecular weight excluding hydrogens is 330 g/mol. The molecule has 2 unspecified atom stereocenters. The van der Waals surface area contributed by atoms with Gasteiger partial charge in [-0.2, -0.15) is 15.4 Å². The van der Waals surface area contributed by atoms with Gasteiger partial charge >= 0.3 is 5.63 Å². The molecule has 1 aliphatic heterocycles. The molecule has 6 nitrogen and oxygen atoms in total. The van der Waals surface area contributed by atoms with Gasteiger partial charge in [-0.25, -0.2) is 4.79 Å². The van der Waals surface area contributed by atoms with Crippen molar-refractivity contribution in [3.8, 4) is 11.1 Å². The highest BCUT2D eigenvalue weighted by Gasteiger charge is 2.38. The second-order valence-corrected chi connectivity index (χ2v) is 6.89. The molecule has 6 heteroatoms. The number of rotatable bonds is 2. The van der Waals surface area contributed by atoms with Gasteiger partial charge in [-0.1, -0.05) is 24.3 Å².